The molecule has 0 atom stereocenters. The van der Waals surface area contributed by atoms with Gasteiger partial charge in [-0.1, -0.05) is 113 Å². The number of hydrogen-bond acceptors (Lipinski definition) is 1. The summed E-state index contributed by atoms with van der Waals surface area (Å²) in [4.78, 5) is 0. The van der Waals surface area contributed by atoms with Gasteiger partial charge in [-0.05, 0) is 23.3 Å². The van der Waals surface area contributed by atoms with E-state index in [-0.39, 0.29) is 0 Å². The molecule has 0 aromatic heterocycles. The van der Waals surface area contributed by atoms with Crippen molar-refractivity contribution < 1.29 is 4.57 Å². The summed E-state index contributed by atoms with van der Waals surface area (Å²) in [7, 11) is -3.00. The van der Waals surface area contributed by atoms with Gasteiger partial charge in [-0.25, -0.2) is 0 Å². The lowest BCUT2D eigenvalue weighted by molar-refractivity contribution is 0.592. The second-order valence-electron chi connectivity index (χ2n) is 6.30. The molecule has 0 aliphatic carbocycles. The fourth-order valence-electron chi connectivity index (χ4n) is 3.32. The van der Waals surface area contributed by atoms with Crippen molar-refractivity contribution in [3.8, 4) is 11.1 Å². The maximum Gasteiger partial charge on any atom is 0.171 e. The lowest BCUT2D eigenvalue weighted by Crippen LogP contribution is -2.26. The SMILES string of the molecule is O=P(c1ccccc1)(c1ccccc1)c1ccccc1-c1ccc(Br)cc1. The molecule has 4 rings (SSSR count). The molecule has 0 aliphatic rings. The lowest BCUT2D eigenvalue weighted by Gasteiger charge is -2.23. The number of hydrogen-bond donors (Lipinski definition) is 0. The Morgan fingerprint density at radius 2 is 1.04 bits per heavy atom. The first-order valence-corrected chi connectivity index (χ1v) is 11.3. The first kappa shape index (κ1) is 18.0. The summed E-state index contributed by atoms with van der Waals surface area (Å²) in [6.07, 6.45) is 0. The molecule has 0 amide bonds. The average molecular weight is 433 g/mol. The van der Waals surface area contributed by atoms with Crippen LogP contribution < -0.4 is 15.9 Å². The van der Waals surface area contributed by atoms with Crippen molar-refractivity contribution in [2.75, 3.05) is 0 Å². The van der Waals surface area contributed by atoms with Crippen molar-refractivity contribution >= 4 is 39.0 Å². The van der Waals surface area contributed by atoms with Crippen LogP contribution in [-0.2, 0) is 4.57 Å². The standard InChI is InChI=1S/C24H18BrOP/c25-20-17-15-19(16-18-20)23-13-7-8-14-24(23)27(26,21-9-3-1-4-10-21)22-11-5-2-6-12-22/h1-18H. The third-order valence-corrected chi connectivity index (χ3v) is 8.29. The second-order valence-corrected chi connectivity index (χ2v) is 9.95. The van der Waals surface area contributed by atoms with Gasteiger partial charge in [0.25, 0.3) is 0 Å². The first-order valence-electron chi connectivity index (χ1n) is 8.76. The van der Waals surface area contributed by atoms with Crippen molar-refractivity contribution in [1.82, 2.24) is 0 Å². The fraction of sp³-hybridized carbons (Fsp3) is 0. The number of benzene rings is 4. The normalized spacial score (nSPS) is 11.3. The Kier molecular flexibility index (Phi) is 5.11. The third kappa shape index (κ3) is 3.43. The Morgan fingerprint density at radius 1 is 0.556 bits per heavy atom. The van der Waals surface area contributed by atoms with E-state index in [1.165, 1.54) is 0 Å². The highest BCUT2D eigenvalue weighted by atomic mass is 79.9. The van der Waals surface area contributed by atoms with Gasteiger partial charge in [0.05, 0.1) is 0 Å². The van der Waals surface area contributed by atoms with E-state index in [0.29, 0.717) is 0 Å². The molecule has 3 heteroatoms. The second kappa shape index (κ2) is 7.68. The maximum absolute atomic E-state index is 14.7. The van der Waals surface area contributed by atoms with E-state index in [9.17, 15) is 4.57 Å². The number of rotatable bonds is 4. The molecule has 0 spiro atoms. The van der Waals surface area contributed by atoms with Gasteiger partial charge in [0.1, 0.15) is 0 Å². The third-order valence-electron chi connectivity index (χ3n) is 4.64. The Balaban J connectivity index is 2.01. The van der Waals surface area contributed by atoms with Crippen molar-refractivity contribution in [3.63, 3.8) is 0 Å². The van der Waals surface area contributed by atoms with Crippen LogP contribution >= 0.6 is 23.1 Å². The summed E-state index contributed by atoms with van der Waals surface area (Å²) in [6, 6.07) is 35.7. The van der Waals surface area contributed by atoms with Crippen LogP contribution in [-0.4, -0.2) is 0 Å². The Labute approximate surface area is 168 Å². The molecule has 4 aromatic carbocycles. The number of halogens is 1. The zero-order valence-electron chi connectivity index (χ0n) is 14.6. The summed E-state index contributed by atoms with van der Waals surface area (Å²) < 4.78 is 15.7. The van der Waals surface area contributed by atoms with Gasteiger partial charge >= 0.3 is 0 Å². The highest BCUT2D eigenvalue weighted by Gasteiger charge is 2.31. The average Bonchev–Trinajstić information content (AvgIpc) is 2.75. The molecule has 0 bridgehead atoms. The van der Waals surface area contributed by atoms with Gasteiger partial charge in [0.15, 0.2) is 7.14 Å². The van der Waals surface area contributed by atoms with Crippen LogP contribution in [0, 0.1) is 0 Å². The fourth-order valence-corrected chi connectivity index (χ4v) is 6.47. The predicted molar refractivity (Wildman–Crippen MR) is 119 cm³/mol. The molecule has 132 valence electrons. The molecule has 0 aliphatic heterocycles. The van der Waals surface area contributed by atoms with Crippen molar-refractivity contribution in [2.24, 2.45) is 0 Å². The quantitative estimate of drug-likeness (QED) is 0.375. The van der Waals surface area contributed by atoms with Crippen molar-refractivity contribution in [2.45, 2.75) is 0 Å². The van der Waals surface area contributed by atoms with E-state index >= 15 is 0 Å². The Hall–Kier alpha value is -2.41. The molecule has 0 saturated carbocycles. The minimum Gasteiger partial charge on any atom is -0.309 e. The smallest absolute Gasteiger partial charge is 0.171 e. The molecule has 0 saturated heterocycles. The van der Waals surface area contributed by atoms with E-state index in [1.54, 1.807) is 0 Å². The van der Waals surface area contributed by atoms with E-state index in [0.717, 1.165) is 31.5 Å². The van der Waals surface area contributed by atoms with E-state index in [4.69, 9.17) is 0 Å². The lowest BCUT2D eigenvalue weighted by atomic mass is 10.1. The Bertz CT molecular complexity index is 1050. The van der Waals surface area contributed by atoms with Crippen LogP contribution in [0.2, 0.25) is 0 Å². The summed E-state index contributed by atoms with van der Waals surface area (Å²) in [5, 5.41) is 2.56. The zero-order chi connectivity index (χ0) is 18.7. The van der Waals surface area contributed by atoms with Gasteiger partial charge in [-0.3, -0.25) is 0 Å². The maximum atomic E-state index is 14.7. The van der Waals surface area contributed by atoms with Gasteiger partial charge in [0, 0.05) is 20.4 Å². The molecule has 0 unspecified atom stereocenters. The summed E-state index contributed by atoms with van der Waals surface area (Å²) in [5.41, 5.74) is 2.06. The van der Waals surface area contributed by atoms with E-state index < -0.39 is 7.14 Å². The van der Waals surface area contributed by atoms with Gasteiger partial charge < -0.3 is 4.57 Å². The molecule has 27 heavy (non-hydrogen) atoms. The molecule has 1 nitrogen and oxygen atoms in total. The minimum absolute atomic E-state index is 0.848. The largest absolute Gasteiger partial charge is 0.309 e. The van der Waals surface area contributed by atoms with Gasteiger partial charge in [-0.2, -0.15) is 0 Å². The molecule has 4 aromatic rings. The monoisotopic (exact) mass is 432 g/mol. The topological polar surface area (TPSA) is 17.1 Å². The molecule has 0 heterocycles. The zero-order valence-corrected chi connectivity index (χ0v) is 17.1. The van der Waals surface area contributed by atoms with Crippen LogP contribution in [0.5, 0.6) is 0 Å². The van der Waals surface area contributed by atoms with E-state index in [2.05, 4.69) is 34.1 Å². The van der Waals surface area contributed by atoms with Crippen LogP contribution in [0.25, 0.3) is 11.1 Å². The van der Waals surface area contributed by atoms with Gasteiger partial charge in [0.2, 0.25) is 0 Å². The van der Waals surface area contributed by atoms with Crippen LogP contribution in [0.15, 0.2) is 114 Å². The predicted octanol–water partition coefficient (Wildman–Crippen LogP) is 5.76. The van der Waals surface area contributed by atoms with Crippen molar-refractivity contribution in [1.29, 1.82) is 0 Å². The van der Waals surface area contributed by atoms with Crippen LogP contribution in [0.1, 0.15) is 0 Å². The minimum atomic E-state index is -3.00. The molecule has 0 fully saturated rings. The summed E-state index contributed by atoms with van der Waals surface area (Å²) in [5.74, 6) is 0. The van der Waals surface area contributed by atoms with Crippen molar-refractivity contribution in [3.05, 3.63) is 114 Å². The van der Waals surface area contributed by atoms with Crippen LogP contribution in [0.4, 0.5) is 0 Å². The highest BCUT2D eigenvalue weighted by molar-refractivity contribution is 9.10. The molecule has 0 radical (unpaired) electrons. The molecular formula is C24H18BrOP. The Morgan fingerprint density at radius 3 is 1.59 bits per heavy atom. The van der Waals surface area contributed by atoms with E-state index in [1.807, 2.05) is 91.0 Å². The van der Waals surface area contributed by atoms with Gasteiger partial charge in [-0.15, -0.1) is 0 Å². The summed E-state index contributed by atoms with van der Waals surface area (Å²) >= 11 is 3.49. The highest BCUT2D eigenvalue weighted by Crippen LogP contribution is 2.45. The summed E-state index contributed by atoms with van der Waals surface area (Å²) in [6.45, 7) is 0. The first-order chi connectivity index (χ1) is 13.2. The molecule has 0 N–H and O–H groups in total. The molecular weight excluding hydrogens is 415 g/mol. The van der Waals surface area contributed by atoms with Crippen LogP contribution in [0.3, 0.4) is 0 Å².